The van der Waals surface area contributed by atoms with Crippen LogP contribution in [-0.2, 0) is 0 Å². The molecular formula is C13H18N4O3S. The largest absolute Gasteiger partial charge is 0.349 e. The third-order valence-corrected chi connectivity index (χ3v) is 4.76. The summed E-state index contributed by atoms with van der Waals surface area (Å²) >= 11 is 1.81. The second kappa shape index (κ2) is 6.77. The Labute approximate surface area is 126 Å². The number of nitrogen functional groups attached to an aromatic ring is 1. The fourth-order valence-corrected chi connectivity index (χ4v) is 3.30. The Morgan fingerprint density at radius 2 is 2.24 bits per heavy atom. The zero-order valence-corrected chi connectivity index (χ0v) is 12.5. The van der Waals surface area contributed by atoms with Gasteiger partial charge >= 0.3 is 0 Å². The Morgan fingerprint density at radius 3 is 2.81 bits per heavy atom. The number of carbonyl (C=O) groups is 1. The van der Waals surface area contributed by atoms with Gasteiger partial charge in [0.15, 0.2) is 0 Å². The van der Waals surface area contributed by atoms with Crippen molar-refractivity contribution >= 4 is 29.0 Å². The number of thioether (sulfide) groups is 1. The average molecular weight is 310 g/mol. The number of carbonyl (C=O) groups excluding carboxylic acids is 1. The summed E-state index contributed by atoms with van der Waals surface area (Å²) in [5, 5.41) is 14.5. The number of nitrogens with zero attached hydrogens (tertiary/aromatic N) is 1. The monoisotopic (exact) mass is 310 g/mol. The first-order chi connectivity index (χ1) is 10.0. The third kappa shape index (κ3) is 3.64. The van der Waals surface area contributed by atoms with Gasteiger partial charge < -0.3 is 10.7 Å². The molecule has 1 saturated carbocycles. The first-order valence-corrected chi connectivity index (χ1v) is 7.92. The fraction of sp³-hybridized carbons (Fsp3) is 0.462. The number of hydrogen-bond donors (Lipinski definition) is 3. The molecule has 1 aromatic carbocycles. The maximum atomic E-state index is 12.2. The zero-order valence-electron chi connectivity index (χ0n) is 11.7. The second-order valence-electron chi connectivity index (χ2n) is 4.97. The van der Waals surface area contributed by atoms with Gasteiger partial charge in [-0.2, -0.15) is 11.8 Å². The lowest BCUT2D eigenvalue weighted by molar-refractivity contribution is -0.384. The molecule has 0 heterocycles. The molecule has 21 heavy (non-hydrogen) atoms. The highest BCUT2D eigenvalue weighted by Crippen LogP contribution is 2.29. The Balaban J connectivity index is 2.09. The Kier molecular flexibility index (Phi) is 5.03. The first kappa shape index (κ1) is 15.6. The summed E-state index contributed by atoms with van der Waals surface area (Å²) in [6.45, 7) is 0. The van der Waals surface area contributed by atoms with Gasteiger partial charge in [0.25, 0.3) is 11.6 Å². The van der Waals surface area contributed by atoms with Crippen LogP contribution in [0.15, 0.2) is 18.2 Å². The lowest BCUT2D eigenvalue weighted by Crippen LogP contribution is -2.33. The summed E-state index contributed by atoms with van der Waals surface area (Å²) in [6.07, 6.45) is 5.04. The number of nitrogens with one attached hydrogen (secondary N) is 2. The minimum atomic E-state index is -0.564. The molecule has 2 atom stereocenters. The number of hydrazine groups is 1. The number of hydrogen-bond acceptors (Lipinski definition) is 6. The van der Waals surface area contributed by atoms with Gasteiger partial charge in [0, 0.05) is 22.9 Å². The molecule has 114 valence electrons. The van der Waals surface area contributed by atoms with Crippen molar-refractivity contribution in [1.29, 1.82) is 0 Å². The van der Waals surface area contributed by atoms with Crippen molar-refractivity contribution in [1.82, 2.24) is 5.32 Å². The van der Waals surface area contributed by atoms with Crippen molar-refractivity contribution in [2.24, 2.45) is 5.84 Å². The minimum absolute atomic E-state index is 0.140. The summed E-state index contributed by atoms with van der Waals surface area (Å²) in [5.74, 6) is 4.94. The highest BCUT2D eigenvalue weighted by Gasteiger charge is 2.26. The fourth-order valence-electron chi connectivity index (χ4n) is 2.50. The molecule has 0 spiro atoms. The number of anilines is 1. The average Bonchev–Trinajstić information content (AvgIpc) is 2.94. The molecule has 1 fully saturated rings. The van der Waals surface area contributed by atoms with E-state index in [1.807, 2.05) is 11.8 Å². The summed E-state index contributed by atoms with van der Waals surface area (Å²) in [5.41, 5.74) is 2.50. The smallest absolute Gasteiger partial charge is 0.294 e. The van der Waals surface area contributed by atoms with Crippen molar-refractivity contribution in [3.05, 3.63) is 33.9 Å². The first-order valence-electron chi connectivity index (χ1n) is 6.64. The van der Waals surface area contributed by atoms with Gasteiger partial charge in [-0.3, -0.25) is 20.8 Å². The standard InChI is InChI=1S/C13H18N4O3S/c1-21-10-4-3-9(7-10)15-13(18)8-2-5-11(16-14)12(6-8)17(19)20/h2,5-6,9-10,16H,3-4,7,14H2,1H3,(H,15,18). The lowest BCUT2D eigenvalue weighted by atomic mass is 10.1. The van der Waals surface area contributed by atoms with E-state index in [0.29, 0.717) is 5.25 Å². The highest BCUT2D eigenvalue weighted by atomic mass is 32.2. The van der Waals surface area contributed by atoms with Gasteiger partial charge in [0.05, 0.1) is 4.92 Å². The number of rotatable bonds is 5. The van der Waals surface area contributed by atoms with Gasteiger partial charge in [-0.25, -0.2) is 0 Å². The van der Waals surface area contributed by atoms with Crippen LogP contribution in [0.3, 0.4) is 0 Å². The van der Waals surface area contributed by atoms with Crippen molar-refractivity contribution in [3.8, 4) is 0 Å². The van der Waals surface area contributed by atoms with Crippen molar-refractivity contribution in [2.75, 3.05) is 11.7 Å². The second-order valence-corrected chi connectivity index (χ2v) is 6.11. The summed E-state index contributed by atoms with van der Waals surface area (Å²) in [6, 6.07) is 4.34. The van der Waals surface area contributed by atoms with Crippen LogP contribution in [-0.4, -0.2) is 28.4 Å². The molecule has 1 aliphatic carbocycles. The van der Waals surface area contributed by atoms with E-state index >= 15 is 0 Å². The number of nitro groups is 1. The molecule has 0 aliphatic heterocycles. The summed E-state index contributed by atoms with van der Waals surface area (Å²) < 4.78 is 0. The van der Waals surface area contributed by atoms with Crippen LogP contribution in [0, 0.1) is 10.1 Å². The van der Waals surface area contributed by atoms with Gasteiger partial charge in [-0.05, 0) is 37.7 Å². The van der Waals surface area contributed by atoms with E-state index in [1.165, 1.54) is 18.2 Å². The van der Waals surface area contributed by atoms with Crippen LogP contribution in [0.25, 0.3) is 0 Å². The number of amides is 1. The van der Waals surface area contributed by atoms with Gasteiger partial charge in [0.1, 0.15) is 5.69 Å². The van der Waals surface area contributed by atoms with Crippen molar-refractivity contribution < 1.29 is 9.72 Å². The molecule has 0 bridgehead atoms. The Morgan fingerprint density at radius 1 is 1.48 bits per heavy atom. The number of nitro benzene ring substituents is 1. The summed E-state index contributed by atoms with van der Waals surface area (Å²) in [4.78, 5) is 22.6. The van der Waals surface area contributed by atoms with Crippen LogP contribution in [0.2, 0.25) is 0 Å². The minimum Gasteiger partial charge on any atom is -0.349 e. The number of benzene rings is 1. The molecule has 0 saturated heterocycles. The Hall–Kier alpha value is -1.80. The van der Waals surface area contributed by atoms with Gasteiger partial charge in [-0.1, -0.05) is 0 Å². The molecule has 1 amide bonds. The molecular weight excluding hydrogens is 292 g/mol. The maximum Gasteiger partial charge on any atom is 0.294 e. The molecule has 0 radical (unpaired) electrons. The van der Waals surface area contributed by atoms with Gasteiger partial charge in [0.2, 0.25) is 0 Å². The Bertz CT molecular complexity index is 552. The zero-order chi connectivity index (χ0) is 15.4. The molecule has 1 aromatic rings. The molecule has 7 nitrogen and oxygen atoms in total. The molecule has 8 heteroatoms. The van der Waals surface area contributed by atoms with E-state index in [4.69, 9.17) is 5.84 Å². The van der Waals surface area contributed by atoms with Crippen molar-refractivity contribution in [2.45, 2.75) is 30.6 Å². The van der Waals surface area contributed by atoms with E-state index in [9.17, 15) is 14.9 Å². The summed E-state index contributed by atoms with van der Waals surface area (Å²) in [7, 11) is 0. The van der Waals surface area contributed by atoms with Gasteiger partial charge in [-0.15, -0.1) is 0 Å². The highest BCUT2D eigenvalue weighted by molar-refractivity contribution is 7.99. The maximum absolute atomic E-state index is 12.2. The SMILES string of the molecule is CSC1CCC(NC(=O)c2ccc(NN)c([N+](=O)[O-])c2)C1. The molecule has 4 N–H and O–H groups in total. The van der Waals surface area contributed by atoms with Crippen LogP contribution in [0.5, 0.6) is 0 Å². The van der Waals surface area contributed by atoms with E-state index < -0.39 is 4.92 Å². The molecule has 2 rings (SSSR count). The van der Waals surface area contributed by atoms with E-state index in [2.05, 4.69) is 17.0 Å². The van der Waals surface area contributed by atoms with Crippen LogP contribution in [0.4, 0.5) is 11.4 Å². The topological polar surface area (TPSA) is 110 Å². The molecule has 0 aromatic heterocycles. The quantitative estimate of drug-likeness (QED) is 0.435. The van der Waals surface area contributed by atoms with Crippen molar-refractivity contribution in [3.63, 3.8) is 0 Å². The van der Waals surface area contributed by atoms with E-state index in [0.717, 1.165) is 19.3 Å². The van der Waals surface area contributed by atoms with Crippen LogP contribution >= 0.6 is 11.8 Å². The van der Waals surface area contributed by atoms with Crippen LogP contribution < -0.4 is 16.6 Å². The number of nitrogens with two attached hydrogens (primary N) is 1. The van der Waals surface area contributed by atoms with Crippen LogP contribution in [0.1, 0.15) is 29.6 Å². The molecule has 2 unspecified atom stereocenters. The normalized spacial score (nSPS) is 21.0. The lowest BCUT2D eigenvalue weighted by Gasteiger charge is -2.13. The molecule has 1 aliphatic rings. The third-order valence-electron chi connectivity index (χ3n) is 3.67. The predicted molar refractivity (Wildman–Crippen MR) is 83.3 cm³/mol. The van der Waals surface area contributed by atoms with E-state index in [-0.39, 0.29) is 28.9 Å². The predicted octanol–water partition coefficient (Wildman–Crippen LogP) is 1.89. The van der Waals surface area contributed by atoms with E-state index in [1.54, 1.807) is 0 Å².